The van der Waals surface area contributed by atoms with Crippen molar-refractivity contribution in [2.45, 2.75) is 5.75 Å². The maximum Gasteiger partial charge on any atom is 0.248 e. The maximum absolute atomic E-state index is 12.1. The molecular weight excluding hydrogens is 290 g/mol. The molecule has 0 aliphatic rings. The molecule has 0 fully saturated rings. The van der Waals surface area contributed by atoms with E-state index < -0.39 is 15.9 Å². The van der Waals surface area contributed by atoms with Crippen molar-refractivity contribution >= 4 is 27.3 Å². The lowest BCUT2D eigenvalue weighted by molar-refractivity contribution is 0.100. The van der Waals surface area contributed by atoms with E-state index in [1.165, 1.54) is 12.1 Å². The topological polar surface area (TPSA) is 115 Å². The molecule has 21 heavy (non-hydrogen) atoms. The fraction of sp³-hybridized carbons (Fsp3) is 0.0714. The van der Waals surface area contributed by atoms with Crippen molar-refractivity contribution in [3.63, 3.8) is 0 Å². The first-order valence-corrected chi connectivity index (χ1v) is 7.76. The molecule has 0 saturated heterocycles. The number of nitrogens with one attached hydrogen (secondary N) is 1. The van der Waals surface area contributed by atoms with Crippen LogP contribution in [0, 0.1) is 0 Å². The van der Waals surface area contributed by atoms with Crippen LogP contribution in [0.4, 0.5) is 11.4 Å². The van der Waals surface area contributed by atoms with Crippen LogP contribution in [0.25, 0.3) is 0 Å². The highest BCUT2D eigenvalue weighted by atomic mass is 32.2. The fourth-order valence-corrected chi connectivity index (χ4v) is 3.05. The van der Waals surface area contributed by atoms with E-state index >= 15 is 0 Å². The molecule has 0 unspecified atom stereocenters. The molecule has 0 spiro atoms. The Morgan fingerprint density at radius 1 is 1.10 bits per heavy atom. The molecule has 0 aliphatic carbocycles. The van der Waals surface area contributed by atoms with Gasteiger partial charge in [0.1, 0.15) is 0 Å². The molecule has 0 atom stereocenters. The van der Waals surface area contributed by atoms with Gasteiger partial charge < -0.3 is 11.5 Å². The summed E-state index contributed by atoms with van der Waals surface area (Å²) in [7, 11) is -3.63. The Morgan fingerprint density at radius 3 is 2.48 bits per heavy atom. The van der Waals surface area contributed by atoms with Gasteiger partial charge in [0.15, 0.2) is 0 Å². The number of benzene rings is 2. The van der Waals surface area contributed by atoms with Crippen molar-refractivity contribution in [2.24, 2.45) is 5.73 Å². The van der Waals surface area contributed by atoms with E-state index in [1.807, 2.05) is 0 Å². The Labute approximate surface area is 122 Å². The van der Waals surface area contributed by atoms with E-state index in [9.17, 15) is 13.2 Å². The van der Waals surface area contributed by atoms with Crippen LogP contribution >= 0.6 is 0 Å². The Kier molecular flexibility index (Phi) is 4.13. The fourth-order valence-electron chi connectivity index (χ4n) is 1.82. The summed E-state index contributed by atoms with van der Waals surface area (Å²) >= 11 is 0. The highest BCUT2D eigenvalue weighted by Gasteiger charge is 2.14. The van der Waals surface area contributed by atoms with Crippen molar-refractivity contribution in [2.75, 3.05) is 10.5 Å². The molecule has 2 aromatic carbocycles. The summed E-state index contributed by atoms with van der Waals surface area (Å²) < 4.78 is 26.6. The number of rotatable bonds is 5. The number of carbonyl (C=O) groups excluding carboxylic acids is 1. The molecule has 2 rings (SSSR count). The molecule has 1 amide bonds. The third kappa shape index (κ3) is 3.96. The number of primary amides is 1. The van der Waals surface area contributed by atoms with Crippen molar-refractivity contribution in [3.05, 3.63) is 59.7 Å². The Hall–Kier alpha value is -2.54. The van der Waals surface area contributed by atoms with Gasteiger partial charge >= 0.3 is 0 Å². The normalized spacial score (nSPS) is 11.0. The Morgan fingerprint density at radius 2 is 1.81 bits per heavy atom. The number of sulfonamides is 1. The second-order valence-electron chi connectivity index (χ2n) is 4.51. The summed E-state index contributed by atoms with van der Waals surface area (Å²) in [5, 5.41) is 0. The predicted octanol–water partition coefficient (Wildman–Crippen LogP) is 1.31. The standard InChI is InChI=1S/C14H15N3O3S/c15-13-7-2-1-4-11(13)9-21(19,20)17-12-6-3-5-10(8-12)14(16)18/h1-8,17H,9,15H2,(H2,16,18). The first kappa shape index (κ1) is 14.9. The maximum atomic E-state index is 12.1. The second kappa shape index (κ2) is 5.84. The summed E-state index contributed by atoms with van der Waals surface area (Å²) in [6, 6.07) is 12.7. The average Bonchev–Trinajstić information content (AvgIpc) is 2.41. The van der Waals surface area contributed by atoms with Gasteiger partial charge in [-0.15, -0.1) is 0 Å². The lowest BCUT2D eigenvalue weighted by Crippen LogP contribution is -2.17. The van der Waals surface area contributed by atoms with E-state index in [0.29, 0.717) is 11.3 Å². The predicted molar refractivity (Wildman–Crippen MR) is 82.1 cm³/mol. The van der Waals surface area contributed by atoms with E-state index in [2.05, 4.69) is 4.72 Å². The number of hydrogen-bond donors (Lipinski definition) is 3. The zero-order valence-corrected chi connectivity index (χ0v) is 11.9. The first-order valence-electron chi connectivity index (χ1n) is 6.11. The Bertz CT molecular complexity index is 773. The molecule has 2 aromatic rings. The highest BCUT2D eigenvalue weighted by molar-refractivity contribution is 7.91. The SMILES string of the molecule is NC(=O)c1cccc(NS(=O)(=O)Cc2ccccc2N)c1. The van der Waals surface area contributed by atoms with Crippen LogP contribution in [0.15, 0.2) is 48.5 Å². The van der Waals surface area contributed by atoms with Gasteiger partial charge in [0.2, 0.25) is 15.9 Å². The van der Waals surface area contributed by atoms with Crippen LogP contribution in [0.1, 0.15) is 15.9 Å². The Balaban J connectivity index is 2.20. The molecule has 0 aromatic heterocycles. The van der Waals surface area contributed by atoms with Gasteiger partial charge in [0.05, 0.1) is 5.75 Å². The zero-order valence-electron chi connectivity index (χ0n) is 11.1. The minimum atomic E-state index is -3.63. The summed E-state index contributed by atoms with van der Waals surface area (Å²) in [6.07, 6.45) is 0. The number of amides is 1. The summed E-state index contributed by atoms with van der Waals surface area (Å²) in [4.78, 5) is 11.1. The van der Waals surface area contributed by atoms with Crippen molar-refractivity contribution in [3.8, 4) is 0 Å². The van der Waals surface area contributed by atoms with Crippen LogP contribution in [-0.2, 0) is 15.8 Å². The lowest BCUT2D eigenvalue weighted by Gasteiger charge is -2.10. The summed E-state index contributed by atoms with van der Waals surface area (Å²) in [5.41, 5.74) is 12.3. The molecule has 0 radical (unpaired) electrons. The zero-order chi connectivity index (χ0) is 15.5. The van der Waals surface area contributed by atoms with Gasteiger partial charge in [-0.3, -0.25) is 9.52 Å². The lowest BCUT2D eigenvalue weighted by atomic mass is 10.2. The number of hydrogen-bond acceptors (Lipinski definition) is 4. The number of carbonyl (C=O) groups is 1. The minimum Gasteiger partial charge on any atom is -0.398 e. The number of nitrogen functional groups attached to an aromatic ring is 1. The van der Waals surface area contributed by atoms with Gasteiger partial charge in [0.25, 0.3) is 0 Å². The van der Waals surface area contributed by atoms with E-state index in [1.54, 1.807) is 36.4 Å². The van der Waals surface area contributed by atoms with E-state index in [0.717, 1.165) is 0 Å². The summed E-state index contributed by atoms with van der Waals surface area (Å²) in [5.74, 6) is -0.871. The molecule has 0 bridgehead atoms. The second-order valence-corrected chi connectivity index (χ2v) is 6.23. The van der Waals surface area contributed by atoms with E-state index in [-0.39, 0.29) is 17.0 Å². The van der Waals surface area contributed by atoms with Crippen LogP contribution in [-0.4, -0.2) is 14.3 Å². The van der Waals surface area contributed by atoms with Crippen LogP contribution in [0.2, 0.25) is 0 Å². The van der Waals surface area contributed by atoms with Gasteiger partial charge in [-0.2, -0.15) is 0 Å². The molecular formula is C14H15N3O3S. The quantitative estimate of drug-likeness (QED) is 0.722. The third-order valence-corrected chi connectivity index (χ3v) is 4.06. The van der Waals surface area contributed by atoms with Gasteiger partial charge in [-0.1, -0.05) is 24.3 Å². The smallest absolute Gasteiger partial charge is 0.248 e. The highest BCUT2D eigenvalue weighted by Crippen LogP contribution is 2.17. The molecule has 7 heteroatoms. The van der Waals surface area contributed by atoms with E-state index in [4.69, 9.17) is 11.5 Å². The van der Waals surface area contributed by atoms with Gasteiger partial charge in [0, 0.05) is 16.9 Å². The molecule has 6 nitrogen and oxygen atoms in total. The first-order chi connectivity index (χ1) is 9.87. The monoisotopic (exact) mass is 305 g/mol. The number of anilines is 2. The van der Waals surface area contributed by atoms with Crippen LogP contribution in [0.5, 0.6) is 0 Å². The third-order valence-electron chi connectivity index (χ3n) is 2.82. The van der Waals surface area contributed by atoms with Crippen LogP contribution < -0.4 is 16.2 Å². The molecule has 110 valence electrons. The van der Waals surface area contributed by atoms with Crippen molar-refractivity contribution < 1.29 is 13.2 Å². The van der Waals surface area contributed by atoms with Gasteiger partial charge in [-0.25, -0.2) is 8.42 Å². The van der Waals surface area contributed by atoms with Crippen LogP contribution in [0.3, 0.4) is 0 Å². The number of nitrogens with two attached hydrogens (primary N) is 2. The molecule has 5 N–H and O–H groups in total. The van der Waals surface area contributed by atoms with Gasteiger partial charge in [-0.05, 0) is 29.8 Å². The van der Waals surface area contributed by atoms with Crippen molar-refractivity contribution in [1.29, 1.82) is 0 Å². The minimum absolute atomic E-state index is 0.231. The summed E-state index contributed by atoms with van der Waals surface area (Å²) in [6.45, 7) is 0. The average molecular weight is 305 g/mol. The molecule has 0 saturated carbocycles. The van der Waals surface area contributed by atoms with Crippen molar-refractivity contribution in [1.82, 2.24) is 0 Å². The number of para-hydroxylation sites is 1. The molecule has 0 aliphatic heterocycles. The molecule has 0 heterocycles. The largest absolute Gasteiger partial charge is 0.398 e.